The number of hydrogen-bond acceptors (Lipinski definition) is 6. The molecule has 9 heteroatoms. The molecule has 3 N–H and O–H groups in total. The van der Waals surface area contributed by atoms with Crippen LogP contribution >= 0.6 is 0 Å². The van der Waals surface area contributed by atoms with E-state index >= 15 is 0 Å². The molecule has 1 aromatic rings. The Morgan fingerprint density at radius 1 is 0.909 bits per heavy atom. The fraction of sp³-hybridized carbons (Fsp3) is 0.583. The van der Waals surface area contributed by atoms with Crippen LogP contribution in [-0.2, 0) is 30.3 Å². The van der Waals surface area contributed by atoms with Crippen LogP contribution in [-0.4, -0.2) is 62.6 Å². The quantitative estimate of drug-likeness (QED) is 0.270. The highest BCUT2D eigenvalue weighted by Crippen LogP contribution is 2.10. The number of carbonyl (C=O) groups is 4. The Bertz CT molecular complexity index is 754. The molecule has 33 heavy (non-hydrogen) atoms. The summed E-state index contributed by atoms with van der Waals surface area (Å²) in [6.45, 7) is 6.31. The second kappa shape index (κ2) is 15.8. The van der Waals surface area contributed by atoms with E-state index in [1.54, 1.807) is 6.92 Å². The standard InChI is InChI=1S/C24H37N3O6/c1-5-25-23(30)21(28)19(14-12-18-9-7-6-8-10-18)26-22(29)20(13-11-17(2)3)27-24(31)33-16-15-32-4/h6-10,17,19-20H,5,11-16H2,1-4H3,(H,25,30)(H,26,29)(H,27,31)/t19-,20?/m0/s1. The first kappa shape index (κ1) is 28.1. The zero-order valence-electron chi connectivity index (χ0n) is 20.0. The highest BCUT2D eigenvalue weighted by Gasteiger charge is 2.30. The summed E-state index contributed by atoms with van der Waals surface area (Å²) in [5.41, 5.74) is 0.983. The van der Waals surface area contributed by atoms with Crippen LogP contribution in [0.25, 0.3) is 0 Å². The van der Waals surface area contributed by atoms with Crippen LogP contribution in [0.4, 0.5) is 4.79 Å². The van der Waals surface area contributed by atoms with Crippen molar-refractivity contribution in [3.05, 3.63) is 35.9 Å². The monoisotopic (exact) mass is 463 g/mol. The molecule has 0 aliphatic rings. The number of rotatable bonds is 15. The average Bonchev–Trinajstić information content (AvgIpc) is 2.79. The van der Waals surface area contributed by atoms with Gasteiger partial charge in [-0.15, -0.1) is 0 Å². The van der Waals surface area contributed by atoms with Crippen molar-refractivity contribution in [3.8, 4) is 0 Å². The number of ketones is 1. The minimum atomic E-state index is -1.02. The molecule has 0 fully saturated rings. The third-order valence-electron chi connectivity index (χ3n) is 4.92. The lowest BCUT2D eigenvalue weighted by Crippen LogP contribution is -2.54. The predicted octanol–water partition coefficient (Wildman–Crippen LogP) is 1.99. The van der Waals surface area contributed by atoms with Crippen molar-refractivity contribution in [1.29, 1.82) is 0 Å². The van der Waals surface area contributed by atoms with E-state index in [2.05, 4.69) is 16.0 Å². The molecule has 1 unspecified atom stereocenters. The third kappa shape index (κ3) is 11.5. The van der Waals surface area contributed by atoms with Gasteiger partial charge in [0.05, 0.1) is 12.6 Å². The lowest BCUT2D eigenvalue weighted by atomic mass is 9.99. The first-order chi connectivity index (χ1) is 15.8. The average molecular weight is 464 g/mol. The molecule has 1 aromatic carbocycles. The molecule has 0 aliphatic heterocycles. The molecule has 0 aliphatic carbocycles. The van der Waals surface area contributed by atoms with Gasteiger partial charge in [0.2, 0.25) is 11.7 Å². The maximum Gasteiger partial charge on any atom is 0.407 e. The van der Waals surface area contributed by atoms with Crippen LogP contribution in [0.15, 0.2) is 30.3 Å². The van der Waals surface area contributed by atoms with E-state index in [9.17, 15) is 19.2 Å². The van der Waals surface area contributed by atoms with Crippen molar-refractivity contribution in [2.75, 3.05) is 26.9 Å². The van der Waals surface area contributed by atoms with Crippen LogP contribution in [0.2, 0.25) is 0 Å². The van der Waals surface area contributed by atoms with Crippen LogP contribution in [0.3, 0.4) is 0 Å². The second-order valence-electron chi connectivity index (χ2n) is 8.11. The molecule has 9 nitrogen and oxygen atoms in total. The Morgan fingerprint density at radius 2 is 1.61 bits per heavy atom. The summed E-state index contributed by atoms with van der Waals surface area (Å²) in [5.74, 6) is -1.69. The minimum Gasteiger partial charge on any atom is -0.447 e. The number of Topliss-reactive ketones (excluding diaryl/α,β-unsaturated/α-hetero) is 1. The number of likely N-dealkylation sites (N-methyl/N-ethyl adjacent to an activating group) is 1. The number of nitrogens with one attached hydrogen (secondary N) is 3. The van der Waals surface area contributed by atoms with Crippen molar-refractivity contribution in [2.45, 2.75) is 58.5 Å². The molecule has 0 aromatic heterocycles. The smallest absolute Gasteiger partial charge is 0.407 e. The Kier molecular flexibility index (Phi) is 13.4. The molecular formula is C24H37N3O6. The van der Waals surface area contributed by atoms with Gasteiger partial charge in [-0.3, -0.25) is 14.4 Å². The summed E-state index contributed by atoms with van der Waals surface area (Å²) in [6, 6.07) is 7.57. The normalized spacial score (nSPS) is 12.5. The third-order valence-corrected chi connectivity index (χ3v) is 4.92. The molecule has 0 bridgehead atoms. The predicted molar refractivity (Wildman–Crippen MR) is 125 cm³/mol. The summed E-state index contributed by atoms with van der Waals surface area (Å²) >= 11 is 0. The largest absolute Gasteiger partial charge is 0.447 e. The fourth-order valence-corrected chi connectivity index (χ4v) is 3.07. The highest BCUT2D eigenvalue weighted by atomic mass is 16.6. The van der Waals surface area contributed by atoms with Crippen molar-refractivity contribution in [3.63, 3.8) is 0 Å². The molecule has 0 saturated heterocycles. The Balaban J connectivity index is 2.91. The molecule has 0 spiro atoms. The molecule has 184 valence electrons. The zero-order valence-corrected chi connectivity index (χ0v) is 20.0. The van der Waals surface area contributed by atoms with E-state index in [1.807, 2.05) is 44.2 Å². The SMILES string of the molecule is CCNC(=O)C(=O)[C@H](CCc1ccccc1)NC(=O)C(CCC(C)C)NC(=O)OCCOC. The van der Waals surface area contributed by atoms with Crippen LogP contribution in [0.5, 0.6) is 0 Å². The number of alkyl carbamates (subject to hydrolysis) is 1. The van der Waals surface area contributed by atoms with Crippen LogP contribution in [0.1, 0.15) is 45.6 Å². The lowest BCUT2D eigenvalue weighted by Gasteiger charge is -2.23. The summed E-state index contributed by atoms with van der Waals surface area (Å²) in [5, 5.41) is 7.73. The van der Waals surface area contributed by atoms with Crippen molar-refractivity contribution in [2.24, 2.45) is 5.92 Å². The minimum absolute atomic E-state index is 0.0518. The molecule has 2 atom stereocenters. The Labute approximate surface area is 196 Å². The van der Waals surface area contributed by atoms with E-state index in [-0.39, 0.29) is 19.6 Å². The molecule has 1 rings (SSSR count). The number of aryl methyl sites for hydroxylation is 1. The zero-order chi connectivity index (χ0) is 24.6. The highest BCUT2D eigenvalue weighted by molar-refractivity contribution is 6.38. The second-order valence-corrected chi connectivity index (χ2v) is 8.11. The van der Waals surface area contributed by atoms with Gasteiger partial charge in [0.15, 0.2) is 0 Å². The van der Waals surface area contributed by atoms with Gasteiger partial charge in [-0.25, -0.2) is 4.79 Å². The molecule has 0 radical (unpaired) electrons. The number of amides is 3. The number of methoxy groups -OCH3 is 1. The van der Waals surface area contributed by atoms with Crippen molar-refractivity contribution in [1.82, 2.24) is 16.0 Å². The summed E-state index contributed by atoms with van der Waals surface area (Å²) < 4.78 is 9.86. The first-order valence-electron chi connectivity index (χ1n) is 11.4. The van der Waals surface area contributed by atoms with Crippen LogP contribution < -0.4 is 16.0 Å². The summed E-state index contributed by atoms with van der Waals surface area (Å²) in [6.07, 6.45) is 1.05. The molecule has 0 heterocycles. The van der Waals surface area contributed by atoms with Gasteiger partial charge in [0.1, 0.15) is 12.6 Å². The van der Waals surface area contributed by atoms with Gasteiger partial charge < -0.3 is 25.4 Å². The Morgan fingerprint density at radius 3 is 2.21 bits per heavy atom. The number of benzene rings is 1. The topological polar surface area (TPSA) is 123 Å². The van der Waals surface area contributed by atoms with E-state index in [1.165, 1.54) is 7.11 Å². The van der Waals surface area contributed by atoms with E-state index in [0.717, 1.165) is 5.56 Å². The fourth-order valence-electron chi connectivity index (χ4n) is 3.07. The summed E-state index contributed by atoms with van der Waals surface area (Å²) in [7, 11) is 1.49. The van der Waals surface area contributed by atoms with Gasteiger partial charge in [0, 0.05) is 13.7 Å². The molecule has 3 amide bonds. The van der Waals surface area contributed by atoms with Gasteiger partial charge >= 0.3 is 6.09 Å². The first-order valence-corrected chi connectivity index (χ1v) is 11.4. The van der Waals surface area contributed by atoms with Gasteiger partial charge in [-0.2, -0.15) is 0 Å². The van der Waals surface area contributed by atoms with E-state index in [4.69, 9.17) is 9.47 Å². The van der Waals surface area contributed by atoms with Crippen molar-refractivity contribution < 1.29 is 28.7 Å². The number of carbonyl (C=O) groups excluding carboxylic acids is 4. The number of hydrogen-bond donors (Lipinski definition) is 3. The maximum atomic E-state index is 13.0. The lowest BCUT2D eigenvalue weighted by molar-refractivity contribution is -0.140. The van der Waals surface area contributed by atoms with Gasteiger partial charge in [0.25, 0.3) is 5.91 Å². The summed E-state index contributed by atoms with van der Waals surface area (Å²) in [4.78, 5) is 50.0. The van der Waals surface area contributed by atoms with Crippen LogP contribution in [0, 0.1) is 5.92 Å². The molecular weight excluding hydrogens is 426 g/mol. The Hall–Kier alpha value is -2.94. The van der Waals surface area contributed by atoms with E-state index in [0.29, 0.717) is 31.7 Å². The van der Waals surface area contributed by atoms with E-state index < -0.39 is 35.8 Å². The maximum absolute atomic E-state index is 13.0. The van der Waals surface area contributed by atoms with Gasteiger partial charge in [-0.1, -0.05) is 44.2 Å². The van der Waals surface area contributed by atoms with Crippen molar-refractivity contribution >= 4 is 23.7 Å². The molecule has 0 saturated carbocycles. The number of ether oxygens (including phenoxy) is 2. The van der Waals surface area contributed by atoms with Gasteiger partial charge in [-0.05, 0) is 44.1 Å².